The molecular formula is C56H65Cl3F3N13O8Pd2S-2. The minimum Gasteiger partial charge on any atom is -0.388 e. The standard InChI is InChI=1S/C25H25ClFN5O4S.C18H19ClFN5O2.C11H15ClFN3O2.2CH3.2Pd/c1-14-6-8-16(9-7-14)37(34,35)32-13-18(17-10-15(26)11-29-25(17)32)23-28-12-19(27)24(31-23)30-20-4-3-5-21(36-2)22(20)33;1-27-14-4-2-3-13(15(14)26)24-18-12(20)8-23-17(25-18)11-7-22-16-10(11)5-9(19)6-21-16;1-18-8-4-2-3-7(9(8)17)15-10-6(13)5-14-11(12)16-10;;;;/h6-13,20-22,33H,3-5H2,1-2H3,(H,28,30,31);5-8,13-15,26H,2-4H2,1H3,(H,21,22)(H,23,24,25);5,7-9,17H,2-4H2,1H3,(H,14,15,16);2*1H3;;/q;;;2*-1;;/t20?,21-,22-;13?,14-,15-;7?,8-,9-;;;;/m111..../s1. The van der Waals surface area contributed by atoms with Crippen LogP contribution in [0.1, 0.15) is 63.4 Å². The van der Waals surface area contributed by atoms with E-state index in [9.17, 15) is 36.9 Å². The molecule has 3 aliphatic carbocycles. The van der Waals surface area contributed by atoms with Gasteiger partial charge in [-0.25, -0.2) is 60.4 Å². The normalized spacial score (nSPS) is 21.8. The number of H-pyrrole nitrogens is 1. The van der Waals surface area contributed by atoms with Gasteiger partial charge in [-0.2, -0.15) is 4.98 Å². The van der Waals surface area contributed by atoms with Crippen molar-refractivity contribution in [3.8, 4) is 22.8 Å². The fourth-order valence-electron chi connectivity index (χ4n) is 10.2. The van der Waals surface area contributed by atoms with Crippen molar-refractivity contribution >= 4 is 84.3 Å². The molecule has 30 heteroatoms. The van der Waals surface area contributed by atoms with Crippen LogP contribution in [0.15, 0.2) is 84.7 Å². The Kier molecular flexibility index (Phi) is 26.6. The summed E-state index contributed by atoms with van der Waals surface area (Å²) in [6, 6.07) is 8.64. The summed E-state index contributed by atoms with van der Waals surface area (Å²) in [4.78, 5) is 35.8. The number of halogens is 6. The Morgan fingerprint density at radius 2 is 1.02 bits per heavy atom. The first-order valence-corrected chi connectivity index (χ1v) is 28.7. The second-order valence-electron chi connectivity index (χ2n) is 19.9. The van der Waals surface area contributed by atoms with E-state index < -0.39 is 51.8 Å². The number of aryl methyl sites for hydroxylation is 1. The molecule has 0 amide bonds. The van der Waals surface area contributed by atoms with E-state index in [1.807, 2.05) is 6.92 Å². The van der Waals surface area contributed by atoms with Crippen molar-refractivity contribution in [3.63, 3.8) is 0 Å². The zero-order valence-electron chi connectivity index (χ0n) is 47.3. The molecule has 3 unspecified atom stereocenters. The van der Waals surface area contributed by atoms with Gasteiger partial charge in [-0.05, 0) is 101 Å². The van der Waals surface area contributed by atoms with Gasteiger partial charge in [0.05, 0.1) is 70.0 Å². The molecule has 86 heavy (non-hydrogen) atoms. The summed E-state index contributed by atoms with van der Waals surface area (Å²) >= 11 is 17.8. The third kappa shape index (κ3) is 16.4. The van der Waals surface area contributed by atoms with E-state index >= 15 is 0 Å². The third-order valence-corrected chi connectivity index (χ3v) is 16.9. The van der Waals surface area contributed by atoms with Crippen molar-refractivity contribution in [1.82, 2.24) is 48.8 Å². The van der Waals surface area contributed by atoms with Crippen LogP contribution in [0.4, 0.5) is 30.6 Å². The van der Waals surface area contributed by atoms with E-state index in [0.717, 1.165) is 72.0 Å². The van der Waals surface area contributed by atoms with Gasteiger partial charge in [0, 0.05) is 109 Å². The molecule has 0 saturated heterocycles. The number of anilines is 3. The van der Waals surface area contributed by atoms with E-state index in [-0.39, 0.29) is 130 Å². The molecule has 11 rings (SSSR count). The topological polar surface area (TPSA) is 282 Å². The number of aromatic amines is 1. The van der Waals surface area contributed by atoms with Gasteiger partial charge < -0.3 is 65.3 Å². The summed E-state index contributed by atoms with van der Waals surface area (Å²) in [6.45, 7) is 1.86. The van der Waals surface area contributed by atoms with Gasteiger partial charge in [-0.1, -0.05) is 40.9 Å². The van der Waals surface area contributed by atoms with E-state index in [4.69, 9.17) is 49.0 Å². The molecule has 472 valence electrons. The van der Waals surface area contributed by atoms with Crippen molar-refractivity contribution in [1.29, 1.82) is 0 Å². The number of aliphatic hydroxyl groups excluding tert-OH is 3. The van der Waals surface area contributed by atoms with Crippen LogP contribution in [0.3, 0.4) is 0 Å². The zero-order chi connectivity index (χ0) is 58.4. The van der Waals surface area contributed by atoms with Crippen LogP contribution in [-0.4, -0.2) is 149 Å². The van der Waals surface area contributed by atoms with Crippen molar-refractivity contribution in [2.45, 2.75) is 124 Å². The van der Waals surface area contributed by atoms with Crippen molar-refractivity contribution in [3.05, 3.63) is 133 Å². The first-order valence-electron chi connectivity index (χ1n) is 26.1. The largest absolute Gasteiger partial charge is 0.388 e. The van der Waals surface area contributed by atoms with Gasteiger partial charge >= 0.3 is 0 Å². The Labute approximate surface area is 538 Å². The summed E-state index contributed by atoms with van der Waals surface area (Å²) < 4.78 is 86.4. The Morgan fingerprint density at radius 3 is 1.50 bits per heavy atom. The molecule has 0 spiro atoms. The second-order valence-corrected chi connectivity index (χ2v) is 22.9. The fraction of sp³-hybridized carbons (Fsp3) is 0.393. The van der Waals surface area contributed by atoms with E-state index in [0.29, 0.717) is 52.3 Å². The van der Waals surface area contributed by atoms with E-state index in [1.54, 1.807) is 50.9 Å². The van der Waals surface area contributed by atoms with E-state index in [2.05, 4.69) is 60.8 Å². The SMILES string of the molecule is CO[C@@H]1CCCC(Nc2nc(-c3c[nH]c4ncc(Cl)cc34)ncc2F)[C@H]1O.CO[C@@H]1CCCC(Nc2nc(-c3cn(S(=O)(=O)c4ccc(C)cc4)c4ncc(Cl)cc34)ncc2F)[C@H]1O.CO[C@@H]1CCCC(Nc2nc(Cl)ncc2F)[C@H]1O.[CH3-].[CH3-].[Pd].[Pd]. The number of pyridine rings is 2. The number of aromatic nitrogens is 10. The van der Waals surface area contributed by atoms with Gasteiger partial charge in [0.25, 0.3) is 10.0 Å². The Balaban J connectivity index is 0.000000244. The predicted octanol–water partition coefficient (Wildman–Crippen LogP) is 9.83. The molecule has 0 radical (unpaired) electrons. The van der Waals surface area contributed by atoms with Crippen LogP contribution in [0.2, 0.25) is 15.3 Å². The number of fused-ring (bicyclic) bond motifs is 2. The maximum atomic E-state index is 14.7. The summed E-state index contributed by atoms with van der Waals surface area (Å²) in [5.74, 6) is -1.52. The number of nitrogens with one attached hydrogen (secondary N) is 4. The van der Waals surface area contributed by atoms with Crippen LogP contribution >= 0.6 is 34.8 Å². The molecule has 3 aliphatic rings. The van der Waals surface area contributed by atoms with Gasteiger partial charge in [0.1, 0.15) is 24.0 Å². The molecule has 7 N–H and O–H groups in total. The predicted molar refractivity (Wildman–Crippen MR) is 316 cm³/mol. The molecule has 0 aliphatic heterocycles. The van der Waals surface area contributed by atoms with Crippen molar-refractivity contribution < 1.29 is 92.0 Å². The van der Waals surface area contributed by atoms with Crippen molar-refractivity contribution in [2.75, 3.05) is 37.3 Å². The number of nitrogens with zero attached hydrogens (tertiary/aromatic N) is 9. The van der Waals surface area contributed by atoms with Crippen LogP contribution in [0.5, 0.6) is 0 Å². The van der Waals surface area contributed by atoms with Crippen molar-refractivity contribution in [2.24, 2.45) is 0 Å². The fourth-order valence-corrected chi connectivity index (χ4v) is 12.0. The second kappa shape index (κ2) is 31.9. The maximum absolute atomic E-state index is 14.7. The summed E-state index contributed by atoms with van der Waals surface area (Å²) in [5.41, 5.74) is 2.67. The molecule has 7 aromatic heterocycles. The molecule has 8 aromatic rings. The van der Waals surface area contributed by atoms with Crippen LogP contribution < -0.4 is 16.0 Å². The molecule has 1 aromatic carbocycles. The van der Waals surface area contributed by atoms with Crippen LogP contribution in [-0.2, 0) is 65.1 Å². The molecule has 7 heterocycles. The molecule has 3 fully saturated rings. The maximum Gasteiger partial charge on any atom is 0.269 e. The minimum atomic E-state index is -4.02. The molecule has 0 bridgehead atoms. The first kappa shape index (κ1) is 71.7. The van der Waals surface area contributed by atoms with Gasteiger partial charge in [-0.15, -0.1) is 0 Å². The number of rotatable bonds is 13. The molecule has 3 saturated carbocycles. The monoisotopic (exact) mass is 1450 g/mol. The number of hydrogen-bond acceptors (Lipinski definition) is 19. The Hall–Kier alpha value is -5.07. The number of benzene rings is 1. The average Bonchev–Trinajstić information content (AvgIpc) is 1.73. The minimum absolute atomic E-state index is 0. The summed E-state index contributed by atoms with van der Waals surface area (Å²) in [6.07, 6.45) is 12.8. The van der Waals surface area contributed by atoms with Gasteiger partial charge in [-0.3, -0.25) is 0 Å². The summed E-state index contributed by atoms with van der Waals surface area (Å²) in [7, 11) is 0.625. The first-order chi connectivity index (χ1) is 39.4. The van der Waals surface area contributed by atoms with Crippen LogP contribution in [0, 0.1) is 39.2 Å². The van der Waals surface area contributed by atoms with Crippen LogP contribution in [0.25, 0.3) is 44.8 Å². The third-order valence-electron chi connectivity index (χ3n) is 14.6. The van der Waals surface area contributed by atoms with Gasteiger partial charge in [0.15, 0.2) is 52.2 Å². The molecule has 21 nitrogen and oxygen atoms in total. The Morgan fingerprint density at radius 1 is 0.593 bits per heavy atom. The van der Waals surface area contributed by atoms with E-state index in [1.165, 1.54) is 31.6 Å². The molecule has 9 atom stereocenters. The van der Waals surface area contributed by atoms with Gasteiger partial charge in [0.2, 0.25) is 5.28 Å². The summed E-state index contributed by atoms with van der Waals surface area (Å²) in [5, 5.41) is 41.8. The smallest absolute Gasteiger partial charge is 0.269 e. The number of aliphatic hydroxyl groups is 3. The average molecular weight is 1460 g/mol. The Bertz CT molecular complexity index is 3650. The number of methoxy groups -OCH3 is 3. The quantitative estimate of drug-likeness (QED) is 0.0321. The number of hydrogen-bond donors (Lipinski definition) is 7. The number of ether oxygens (including phenoxy) is 3. The zero-order valence-corrected chi connectivity index (χ0v) is 53.5. The molecular weight excluding hydrogens is 1390 g/mol.